The van der Waals surface area contributed by atoms with Crippen LogP contribution < -0.4 is 10.6 Å². The molecule has 5 nitrogen and oxygen atoms in total. The molecule has 1 aliphatic rings. The average molecular weight is 326 g/mol. The predicted octanol–water partition coefficient (Wildman–Crippen LogP) is 1.93. The molecule has 0 unspecified atom stereocenters. The Hall–Kier alpha value is -1.43. The third-order valence-corrected chi connectivity index (χ3v) is 3.94. The van der Waals surface area contributed by atoms with Gasteiger partial charge < -0.3 is 10.6 Å². The number of carbonyl (C=O) groups excluding carboxylic acids is 2. The largest absolute Gasteiger partial charge is 0.324 e. The Balaban J connectivity index is 0.00000242. The molecule has 1 heterocycles. The van der Waals surface area contributed by atoms with E-state index in [9.17, 15) is 9.59 Å². The number of halogens is 1. The van der Waals surface area contributed by atoms with Gasteiger partial charge in [0.15, 0.2) is 5.78 Å². The van der Waals surface area contributed by atoms with Crippen molar-refractivity contribution in [3.05, 3.63) is 29.8 Å². The van der Waals surface area contributed by atoms with Crippen molar-refractivity contribution in [2.24, 2.45) is 0 Å². The number of amides is 1. The Morgan fingerprint density at radius 3 is 2.45 bits per heavy atom. The Morgan fingerprint density at radius 1 is 1.23 bits per heavy atom. The van der Waals surface area contributed by atoms with E-state index in [0.717, 1.165) is 25.9 Å². The van der Waals surface area contributed by atoms with Crippen LogP contribution in [0.15, 0.2) is 24.3 Å². The van der Waals surface area contributed by atoms with E-state index in [0.29, 0.717) is 23.8 Å². The molecule has 0 aliphatic carbocycles. The molecule has 1 aromatic rings. The quantitative estimate of drug-likeness (QED) is 0.812. The molecule has 22 heavy (non-hydrogen) atoms. The van der Waals surface area contributed by atoms with Gasteiger partial charge in [0.2, 0.25) is 5.91 Å². The number of para-hydroxylation sites is 1. The third kappa shape index (κ3) is 5.09. The molecule has 1 amide bonds. The number of Topliss-reactive ketones (excluding diaryl/α,β-unsaturated/α-hetero) is 1. The average Bonchev–Trinajstić information content (AvgIpc) is 2.48. The minimum atomic E-state index is -0.0633. The number of benzene rings is 1. The highest BCUT2D eigenvalue weighted by atomic mass is 35.5. The molecule has 6 heteroatoms. The summed E-state index contributed by atoms with van der Waals surface area (Å²) in [5, 5.41) is 6.12. The Labute approximate surface area is 137 Å². The molecule has 0 radical (unpaired) electrons. The number of anilines is 1. The van der Waals surface area contributed by atoms with E-state index in [1.807, 2.05) is 13.1 Å². The second-order valence-corrected chi connectivity index (χ2v) is 5.49. The maximum absolute atomic E-state index is 12.1. The molecule has 2 N–H and O–H groups in total. The molecule has 1 saturated heterocycles. The number of nitrogens with zero attached hydrogens (tertiary/aromatic N) is 1. The van der Waals surface area contributed by atoms with E-state index in [-0.39, 0.29) is 24.1 Å². The molecule has 0 spiro atoms. The van der Waals surface area contributed by atoms with Crippen molar-refractivity contribution in [2.45, 2.75) is 25.8 Å². The Bertz CT molecular complexity index is 514. The predicted molar refractivity (Wildman–Crippen MR) is 90.8 cm³/mol. The number of hydrogen-bond acceptors (Lipinski definition) is 4. The molecule has 0 atom stereocenters. The van der Waals surface area contributed by atoms with Gasteiger partial charge in [-0.1, -0.05) is 12.1 Å². The number of nitrogens with one attached hydrogen (secondary N) is 2. The van der Waals surface area contributed by atoms with Crippen molar-refractivity contribution >= 4 is 29.8 Å². The van der Waals surface area contributed by atoms with Crippen LogP contribution in [0.5, 0.6) is 0 Å². The summed E-state index contributed by atoms with van der Waals surface area (Å²) in [6.07, 6.45) is 2.13. The lowest BCUT2D eigenvalue weighted by atomic mass is 10.1. The van der Waals surface area contributed by atoms with Crippen LogP contribution >= 0.6 is 12.4 Å². The van der Waals surface area contributed by atoms with Crippen molar-refractivity contribution in [3.8, 4) is 0 Å². The fraction of sp³-hybridized carbons (Fsp3) is 0.500. The molecular weight excluding hydrogens is 302 g/mol. The summed E-state index contributed by atoms with van der Waals surface area (Å²) in [7, 11) is 1.98. The minimum absolute atomic E-state index is 0. The third-order valence-electron chi connectivity index (χ3n) is 3.94. The van der Waals surface area contributed by atoms with Gasteiger partial charge in [-0.2, -0.15) is 0 Å². The first-order valence-electron chi connectivity index (χ1n) is 7.39. The maximum Gasteiger partial charge on any atom is 0.238 e. The highest BCUT2D eigenvalue weighted by molar-refractivity contribution is 6.04. The van der Waals surface area contributed by atoms with Crippen molar-refractivity contribution in [1.29, 1.82) is 0 Å². The van der Waals surface area contributed by atoms with Gasteiger partial charge in [0.1, 0.15) is 0 Å². The molecule has 0 bridgehead atoms. The number of rotatable bonds is 5. The molecule has 1 aliphatic heterocycles. The van der Waals surface area contributed by atoms with E-state index in [2.05, 4.69) is 15.5 Å². The van der Waals surface area contributed by atoms with Crippen LogP contribution in [0.3, 0.4) is 0 Å². The highest BCUT2D eigenvalue weighted by Crippen LogP contribution is 2.16. The topological polar surface area (TPSA) is 61.4 Å². The van der Waals surface area contributed by atoms with Crippen LogP contribution in [0.4, 0.5) is 5.69 Å². The first-order chi connectivity index (χ1) is 10.1. The molecule has 0 aromatic heterocycles. The number of hydrogen-bond donors (Lipinski definition) is 2. The van der Waals surface area contributed by atoms with Crippen LogP contribution in [-0.4, -0.2) is 49.3 Å². The molecule has 122 valence electrons. The zero-order valence-electron chi connectivity index (χ0n) is 13.1. The van der Waals surface area contributed by atoms with Crippen molar-refractivity contribution in [1.82, 2.24) is 10.2 Å². The minimum Gasteiger partial charge on any atom is -0.324 e. The summed E-state index contributed by atoms with van der Waals surface area (Å²) in [5.41, 5.74) is 1.15. The van der Waals surface area contributed by atoms with Gasteiger partial charge in [0.25, 0.3) is 0 Å². The molecule has 0 saturated carbocycles. The van der Waals surface area contributed by atoms with Crippen molar-refractivity contribution in [3.63, 3.8) is 0 Å². The number of piperidine rings is 1. The van der Waals surface area contributed by atoms with Gasteiger partial charge in [0, 0.05) is 24.7 Å². The van der Waals surface area contributed by atoms with Crippen LogP contribution in [0.1, 0.15) is 30.1 Å². The zero-order chi connectivity index (χ0) is 15.2. The van der Waals surface area contributed by atoms with E-state index in [4.69, 9.17) is 0 Å². The van der Waals surface area contributed by atoms with E-state index < -0.39 is 0 Å². The summed E-state index contributed by atoms with van der Waals surface area (Å²) in [6, 6.07) is 7.68. The lowest BCUT2D eigenvalue weighted by Crippen LogP contribution is -2.44. The van der Waals surface area contributed by atoms with Crippen LogP contribution in [-0.2, 0) is 4.79 Å². The van der Waals surface area contributed by atoms with Crippen LogP contribution in [0.25, 0.3) is 0 Å². The lowest BCUT2D eigenvalue weighted by Gasteiger charge is -2.31. The van der Waals surface area contributed by atoms with Gasteiger partial charge in [-0.05, 0) is 38.9 Å². The van der Waals surface area contributed by atoms with Gasteiger partial charge in [-0.15, -0.1) is 12.4 Å². The fourth-order valence-electron chi connectivity index (χ4n) is 2.67. The molecule has 1 aromatic carbocycles. The van der Waals surface area contributed by atoms with Crippen LogP contribution in [0, 0.1) is 0 Å². The summed E-state index contributed by atoms with van der Waals surface area (Å²) in [6.45, 7) is 3.73. The lowest BCUT2D eigenvalue weighted by molar-refractivity contribution is -0.117. The number of likely N-dealkylation sites (tertiary alicyclic amines) is 1. The van der Waals surface area contributed by atoms with E-state index in [1.165, 1.54) is 6.92 Å². The summed E-state index contributed by atoms with van der Waals surface area (Å²) >= 11 is 0. The summed E-state index contributed by atoms with van der Waals surface area (Å²) in [4.78, 5) is 25.8. The number of ketones is 1. The highest BCUT2D eigenvalue weighted by Gasteiger charge is 2.20. The molecule has 1 fully saturated rings. The van der Waals surface area contributed by atoms with E-state index >= 15 is 0 Å². The Kier molecular flexibility index (Phi) is 7.51. The summed E-state index contributed by atoms with van der Waals surface area (Å²) < 4.78 is 0. The Morgan fingerprint density at radius 2 is 1.86 bits per heavy atom. The van der Waals surface area contributed by atoms with E-state index in [1.54, 1.807) is 18.2 Å². The zero-order valence-corrected chi connectivity index (χ0v) is 13.9. The second-order valence-electron chi connectivity index (χ2n) is 5.49. The van der Waals surface area contributed by atoms with Gasteiger partial charge in [-0.25, -0.2) is 0 Å². The molecular formula is C16H24ClN3O2. The monoisotopic (exact) mass is 325 g/mol. The maximum atomic E-state index is 12.1. The number of carbonyl (C=O) groups is 2. The van der Waals surface area contributed by atoms with Crippen molar-refractivity contribution < 1.29 is 9.59 Å². The van der Waals surface area contributed by atoms with Gasteiger partial charge in [0.05, 0.1) is 12.2 Å². The SMILES string of the molecule is CNC1CCN(CC(=O)Nc2ccccc2C(C)=O)CC1.Cl. The standard InChI is InChI=1S/C16H23N3O2.ClH/c1-12(20)14-5-3-4-6-15(14)18-16(21)11-19-9-7-13(17-2)8-10-19;/h3-6,13,17H,7-11H2,1-2H3,(H,18,21);1H. The van der Waals surface area contributed by atoms with Gasteiger partial charge in [-0.3, -0.25) is 14.5 Å². The van der Waals surface area contributed by atoms with Gasteiger partial charge >= 0.3 is 0 Å². The molecule has 2 rings (SSSR count). The first-order valence-corrected chi connectivity index (χ1v) is 7.39. The normalized spacial score (nSPS) is 15.9. The first kappa shape index (κ1) is 18.6. The second kappa shape index (κ2) is 8.88. The van der Waals surface area contributed by atoms with Crippen LogP contribution in [0.2, 0.25) is 0 Å². The smallest absolute Gasteiger partial charge is 0.238 e. The van der Waals surface area contributed by atoms with Crippen molar-refractivity contribution in [2.75, 3.05) is 32.0 Å². The summed E-state index contributed by atoms with van der Waals surface area (Å²) in [5.74, 6) is -0.104. The fourth-order valence-corrected chi connectivity index (χ4v) is 2.67.